The minimum absolute atomic E-state index is 0.0943. The zero-order chi connectivity index (χ0) is 36.0. The fraction of sp³-hybridized carbons (Fsp3) is 0.595. The van der Waals surface area contributed by atoms with Crippen LogP contribution in [-0.4, -0.2) is 79.5 Å². The Morgan fingerprint density at radius 1 is 1.00 bits per heavy atom. The van der Waals surface area contributed by atoms with E-state index >= 15 is 0 Å². The van der Waals surface area contributed by atoms with Crippen molar-refractivity contribution in [2.24, 2.45) is 5.92 Å². The third kappa shape index (κ3) is 17.6. The Balaban J connectivity index is 0.00000139. The van der Waals surface area contributed by atoms with Crippen LogP contribution in [0.2, 0.25) is 5.02 Å². The highest BCUT2D eigenvalue weighted by Gasteiger charge is 2.32. The number of carbonyl (C=O) groups excluding carboxylic acids is 3. The summed E-state index contributed by atoms with van der Waals surface area (Å²) in [4.78, 5) is 38.6. The first kappa shape index (κ1) is 44.0. The number of alkyl carbamates (subject to hydrolysis) is 1. The van der Waals surface area contributed by atoms with Crippen molar-refractivity contribution in [1.82, 2.24) is 20.4 Å². The maximum atomic E-state index is 14.2. The number of carbonyl (C=O) groups is 3. The lowest BCUT2D eigenvalue weighted by molar-refractivity contribution is -0.135. The number of amides is 2. The predicted molar refractivity (Wildman–Crippen MR) is 192 cm³/mol. The molecule has 3 rings (SSSR count). The number of nitrogens with one attached hydrogen (secondary N) is 2. The number of nitrogens with zero attached hydrogens (tertiary/aromatic N) is 2. The van der Waals surface area contributed by atoms with E-state index in [1.165, 1.54) is 32.4 Å². The number of aldehydes is 1. The lowest BCUT2D eigenvalue weighted by Gasteiger charge is -2.39. The topological polar surface area (TPSA) is 91.0 Å². The minimum Gasteiger partial charge on any atom is -0.444 e. The molecule has 8 nitrogen and oxygen atoms in total. The van der Waals surface area contributed by atoms with Crippen LogP contribution in [0.5, 0.6) is 0 Å². The highest BCUT2D eigenvalue weighted by atomic mass is 35.5. The van der Waals surface area contributed by atoms with Crippen LogP contribution in [-0.2, 0) is 20.7 Å². The molecule has 0 radical (unpaired) electrons. The van der Waals surface area contributed by atoms with E-state index in [1.807, 2.05) is 46.0 Å². The van der Waals surface area contributed by atoms with Crippen molar-refractivity contribution in [3.63, 3.8) is 0 Å². The van der Waals surface area contributed by atoms with Crippen LogP contribution >= 0.6 is 11.6 Å². The van der Waals surface area contributed by atoms with Gasteiger partial charge in [0.2, 0.25) is 5.91 Å². The molecule has 0 aromatic heterocycles. The van der Waals surface area contributed by atoms with E-state index in [0.717, 1.165) is 17.8 Å². The fourth-order valence-electron chi connectivity index (χ4n) is 4.93. The van der Waals surface area contributed by atoms with Gasteiger partial charge in [0.15, 0.2) is 0 Å². The van der Waals surface area contributed by atoms with Crippen molar-refractivity contribution in [2.75, 3.05) is 39.8 Å². The zero-order valence-electron chi connectivity index (χ0n) is 30.4. The Morgan fingerprint density at radius 2 is 1.53 bits per heavy atom. The van der Waals surface area contributed by atoms with E-state index in [0.29, 0.717) is 43.2 Å². The highest BCUT2D eigenvalue weighted by molar-refractivity contribution is 6.30. The lowest BCUT2D eigenvalue weighted by Crippen LogP contribution is -2.56. The Morgan fingerprint density at radius 3 is 1.98 bits per heavy atom. The molecule has 2 unspecified atom stereocenters. The molecule has 0 bridgehead atoms. The average molecular weight is 679 g/mol. The summed E-state index contributed by atoms with van der Waals surface area (Å²) >= 11 is 5.99. The van der Waals surface area contributed by atoms with Crippen molar-refractivity contribution < 1.29 is 23.5 Å². The monoisotopic (exact) mass is 678 g/mol. The van der Waals surface area contributed by atoms with Crippen LogP contribution in [0.4, 0.5) is 9.18 Å². The summed E-state index contributed by atoms with van der Waals surface area (Å²) in [6.45, 7) is 20.6. The normalized spacial score (nSPS) is 14.2. The Labute approximate surface area is 288 Å². The van der Waals surface area contributed by atoms with Crippen LogP contribution in [0.15, 0.2) is 48.5 Å². The van der Waals surface area contributed by atoms with Gasteiger partial charge >= 0.3 is 6.09 Å². The third-order valence-corrected chi connectivity index (χ3v) is 7.77. The van der Waals surface area contributed by atoms with Gasteiger partial charge in [0.25, 0.3) is 0 Å². The summed E-state index contributed by atoms with van der Waals surface area (Å²) in [7, 11) is 2.01. The molecule has 47 heavy (non-hydrogen) atoms. The van der Waals surface area contributed by atoms with E-state index < -0.39 is 17.7 Å². The van der Waals surface area contributed by atoms with Crippen LogP contribution in [0.25, 0.3) is 0 Å². The van der Waals surface area contributed by atoms with Crippen LogP contribution < -0.4 is 10.6 Å². The molecule has 0 saturated carbocycles. The van der Waals surface area contributed by atoms with Crippen LogP contribution in [0, 0.1) is 11.7 Å². The first-order chi connectivity index (χ1) is 22.3. The molecule has 1 heterocycles. The van der Waals surface area contributed by atoms with Gasteiger partial charge in [0.05, 0.1) is 0 Å². The number of benzene rings is 2. The van der Waals surface area contributed by atoms with E-state index in [1.54, 1.807) is 49.9 Å². The Hall–Kier alpha value is -3.01. The number of rotatable bonds is 10. The standard InChI is InChI=1S/C26H33ClFN3O3.C7H17N.C2H4O.C2H6/c1-18(21-7-5-6-8-22(21)28)30-13-15-31(16-14-30)24(32)23(29-25(33)34-26(2,3)4)17-19-9-11-20(27)12-10-19;1-4-7(5-2)6-8-3;1-2-3;1-2/h5-12,18,23H,13-17H2,1-4H3,(H,29,33);7-8H,4-6H2,1-3H3;2H,1H3;1-2H3. The van der Waals surface area contributed by atoms with Crippen molar-refractivity contribution >= 4 is 29.9 Å². The average Bonchev–Trinajstić information content (AvgIpc) is 3.05. The molecular formula is C37H60ClFN4O4. The van der Waals surface area contributed by atoms with E-state index in [2.05, 4.69) is 29.4 Å². The van der Waals surface area contributed by atoms with Crippen molar-refractivity contribution in [2.45, 2.75) is 99.3 Å². The SMILES string of the molecule is CC.CC(c1ccccc1F)N1CCN(C(=O)C(Cc2ccc(Cl)cc2)NC(=O)OC(C)(C)C)CC1.CC=O.CCC(CC)CNC. The van der Waals surface area contributed by atoms with E-state index in [-0.39, 0.29) is 17.8 Å². The fourth-order valence-corrected chi connectivity index (χ4v) is 5.06. The summed E-state index contributed by atoms with van der Waals surface area (Å²) in [5.74, 6) is 0.497. The van der Waals surface area contributed by atoms with E-state index in [4.69, 9.17) is 21.1 Å². The molecule has 1 saturated heterocycles. The number of piperazine rings is 1. The molecule has 2 atom stereocenters. The number of hydrogen-bond donors (Lipinski definition) is 2. The van der Waals surface area contributed by atoms with Gasteiger partial charge < -0.3 is 25.1 Å². The smallest absolute Gasteiger partial charge is 0.408 e. The summed E-state index contributed by atoms with van der Waals surface area (Å²) in [5, 5.41) is 6.53. The second-order valence-corrected chi connectivity index (χ2v) is 12.5. The molecule has 1 aliphatic rings. The first-order valence-corrected chi connectivity index (χ1v) is 17.2. The van der Waals surface area contributed by atoms with Gasteiger partial charge in [-0.15, -0.1) is 0 Å². The molecule has 2 aromatic carbocycles. The van der Waals surface area contributed by atoms with Crippen LogP contribution in [0.3, 0.4) is 0 Å². The van der Waals surface area contributed by atoms with Gasteiger partial charge in [-0.25, -0.2) is 9.18 Å². The zero-order valence-corrected chi connectivity index (χ0v) is 31.1. The Bertz CT molecular complexity index is 1150. The van der Waals surface area contributed by atoms with Crippen LogP contribution in [0.1, 0.15) is 92.3 Å². The molecule has 2 amide bonds. The van der Waals surface area contributed by atoms with Gasteiger partial charge in [0, 0.05) is 49.2 Å². The second kappa shape index (κ2) is 24.2. The molecule has 2 aromatic rings. The molecule has 0 aliphatic carbocycles. The summed E-state index contributed by atoms with van der Waals surface area (Å²) < 4.78 is 19.6. The quantitative estimate of drug-likeness (QED) is 0.251. The molecule has 266 valence electrons. The van der Waals surface area contributed by atoms with Gasteiger partial charge in [-0.1, -0.05) is 82.5 Å². The third-order valence-electron chi connectivity index (χ3n) is 7.52. The minimum atomic E-state index is -0.772. The number of hydrogen-bond acceptors (Lipinski definition) is 6. The molecule has 0 spiro atoms. The van der Waals surface area contributed by atoms with Crippen molar-refractivity contribution in [1.29, 1.82) is 0 Å². The first-order valence-electron chi connectivity index (χ1n) is 16.9. The second-order valence-electron chi connectivity index (χ2n) is 12.1. The van der Waals surface area contributed by atoms with E-state index in [9.17, 15) is 14.0 Å². The van der Waals surface area contributed by atoms with Gasteiger partial charge in [-0.05, 0) is 77.9 Å². The number of ether oxygens (including phenoxy) is 1. The highest BCUT2D eigenvalue weighted by Crippen LogP contribution is 2.24. The van der Waals surface area contributed by atoms with Gasteiger partial charge in [-0.3, -0.25) is 9.69 Å². The molecule has 1 aliphatic heterocycles. The Kier molecular flexibility index (Phi) is 22.6. The van der Waals surface area contributed by atoms with Gasteiger partial charge in [-0.2, -0.15) is 0 Å². The van der Waals surface area contributed by atoms with Crippen molar-refractivity contribution in [3.05, 3.63) is 70.5 Å². The molecular weight excluding hydrogens is 619 g/mol. The molecule has 10 heteroatoms. The molecule has 1 fully saturated rings. The predicted octanol–water partition coefficient (Wildman–Crippen LogP) is 7.69. The summed E-state index contributed by atoms with van der Waals surface area (Å²) in [6.07, 6.45) is 3.04. The van der Waals surface area contributed by atoms with Crippen molar-refractivity contribution in [3.8, 4) is 0 Å². The largest absolute Gasteiger partial charge is 0.444 e. The number of halogens is 2. The maximum Gasteiger partial charge on any atom is 0.408 e. The molecule has 2 N–H and O–H groups in total. The summed E-state index contributed by atoms with van der Waals surface area (Å²) in [6, 6.07) is 13.1. The lowest BCUT2D eigenvalue weighted by atomic mass is 10.0. The van der Waals surface area contributed by atoms with Gasteiger partial charge in [0.1, 0.15) is 23.7 Å². The summed E-state index contributed by atoms with van der Waals surface area (Å²) in [5.41, 5.74) is 0.854. The maximum absolute atomic E-state index is 14.2.